The minimum Gasteiger partial charge on any atom is -0.335 e. The van der Waals surface area contributed by atoms with Gasteiger partial charge in [-0.25, -0.2) is 10.0 Å². The third-order valence-corrected chi connectivity index (χ3v) is 4.35. The number of hydrogen-bond donors (Lipinski definition) is 1. The highest BCUT2D eigenvalue weighted by Crippen LogP contribution is 2.17. The lowest BCUT2D eigenvalue weighted by atomic mass is 10.1. The van der Waals surface area contributed by atoms with Crippen LogP contribution >= 0.6 is 0 Å². The molecule has 26 heavy (non-hydrogen) atoms. The van der Waals surface area contributed by atoms with Crippen LogP contribution in [-0.2, 0) is 16.1 Å². The van der Waals surface area contributed by atoms with Crippen LogP contribution in [0.5, 0.6) is 0 Å². The first-order valence-electron chi connectivity index (χ1n) is 8.51. The van der Waals surface area contributed by atoms with Gasteiger partial charge in [0.1, 0.15) is 6.04 Å². The van der Waals surface area contributed by atoms with E-state index in [-0.39, 0.29) is 17.6 Å². The summed E-state index contributed by atoms with van der Waals surface area (Å²) in [5.41, 5.74) is 5.74. The van der Waals surface area contributed by atoms with Gasteiger partial charge >= 0.3 is 0 Å². The van der Waals surface area contributed by atoms with Gasteiger partial charge in [0.15, 0.2) is 0 Å². The van der Waals surface area contributed by atoms with Crippen LogP contribution in [0, 0.1) is 6.92 Å². The molecule has 1 aliphatic rings. The van der Waals surface area contributed by atoms with Crippen LogP contribution in [0.2, 0.25) is 0 Å². The molecule has 6 nitrogen and oxygen atoms in total. The smallest absolute Gasteiger partial charge is 0.290 e. The Balaban J connectivity index is 1.79. The summed E-state index contributed by atoms with van der Waals surface area (Å²) in [6.07, 6.45) is 0. The molecule has 0 aliphatic carbocycles. The van der Waals surface area contributed by atoms with Crippen molar-refractivity contribution in [3.05, 3.63) is 65.7 Å². The van der Waals surface area contributed by atoms with E-state index in [1.54, 1.807) is 18.9 Å². The van der Waals surface area contributed by atoms with Crippen LogP contribution in [0.4, 0.5) is 5.69 Å². The van der Waals surface area contributed by atoms with Gasteiger partial charge in [-0.05, 0) is 37.1 Å². The fraction of sp³-hybridized carbons (Fsp3) is 0.250. The Hall–Kier alpha value is -3.15. The van der Waals surface area contributed by atoms with Crippen molar-refractivity contribution in [3.63, 3.8) is 0 Å². The van der Waals surface area contributed by atoms with Gasteiger partial charge in [0.25, 0.3) is 11.8 Å². The number of nitrogens with zero attached hydrogens (tertiary/aromatic N) is 3. The molecule has 2 aromatic rings. The third-order valence-electron chi connectivity index (χ3n) is 4.35. The standard InChI is InChI=1S/C20H22N4O2/c1-14-9-7-8-10-16(14)13-23(3)20(26)18-21-15(2)19(25)24(22-18)17-11-5-4-6-12-17/h4-12,15H,13H2,1-3H3,(H,21,22). The predicted molar refractivity (Wildman–Crippen MR) is 102 cm³/mol. The number of hydrazine groups is 1. The molecule has 3 rings (SSSR count). The summed E-state index contributed by atoms with van der Waals surface area (Å²) in [5, 5.41) is 1.38. The average Bonchev–Trinajstić information content (AvgIpc) is 2.65. The molecule has 0 aromatic heterocycles. The molecule has 6 heteroatoms. The number of aryl methyl sites for hydroxylation is 1. The van der Waals surface area contributed by atoms with E-state index in [1.165, 1.54) is 5.01 Å². The van der Waals surface area contributed by atoms with Crippen LogP contribution in [0.3, 0.4) is 0 Å². The van der Waals surface area contributed by atoms with Crippen molar-refractivity contribution in [2.45, 2.75) is 26.4 Å². The number of amides is 2. The summed E-state index contributed by atoms with van der Waals surface area (Å²) >= 11 is 0. The third kappa shape index (κ3) is 3.59. The molecule has 0 bridgehead atoms. The molecule has 1 N–H and O–H groups in total. The van der Waals surface area contributed by atoms with Gasteiger partial charge in [0.2, 0.25) is 5.84 Å². The second kappa shape index (κ2) is 7.39. The van der Waals surface area contributed by atoms with Crippen molar-refractivity contribution < 1.29 is 9.59 Å². The highest BCUT2D eigenvalue weighted by atomic mass is 16.2. The minimum atomic E-state index is -0.623. The van der Waals surface area contributed by atoms with E-state index in [0.717, 1.165) is 11.1 Å². The number of para-hydroxylation sites is 1. The molecule has 134 valence electrons. The van der Waals surface area contributed by atoms with Crippen LogP contribution in [0.1, 0.15) is 18.1 Å². The zero-order valence-corrected chi connectivity index (χ0v) is 15.1. The zero-order valence-electron chi connectivity index (χ0n) is 15.1. The molecule has 0 saturated carbocycles. The molecule has 2 amide bonds. The van der Waals surface area contributed by atoms with Crippen molar-refractivity contribution in [2.24, 2.45) is 4.99 Å². The number of nitrogens with one attached hydrogen (secondary N) is 1. The number of amidine groups is 1. The number of anilines is 1. The minimum absolute atomic E-state index is 0.164. The fourth-order valence-corrected chi connectivity index (χ4v) is 2.79. The molecule has 2 aromatic carbocycles. The number of rotatable bonds is 4. The second-order valence-corrected chi connectivity index (χ2v) is 6.36. The Morgan fingerprint density at radius 2 is 1.81 bits per heavy atom. The Morgan fingerprint density at radius 1 is 1.15 bits per heavy atom. The predicted octanol–water partition coefficient (Wildman–Crippen LogP) is 2.29. The van der Waals surface area contributed by atoms with Gasteiger partial charge in [-0.1, -0.05) is 42.5 Å². The van der Waals surface area contributed by atoms with Gasteiger partial charge in [0, 0.05) is 13.6 Å². The number of carbonyl (C=O) groups is 2. The normalized spacial score (nSPS) is 16.7. The molecule has 0 saturated heterocycles. The lowest BCUT2D eigenvalue weighted by Gasteiger charge is -2.31. The molecule has 0 radical (unpaired) electrons. The van der Waals surface area contributed by atoms with Gasteiger partial charge in [0.05, 0.1) is 5.69 Å². The maximum atomic E-state index is 12.8. The van der Waals surface area contributed by atoms with Gasteiger partial charge < -0.3 is 4.90 Å². The van der Waals surface area contributed by atoms with E-state index >= 15 is 0 Å². The van der Waals surface area contributed by atoms with Crippen molar-refractivity contribution in [2.75, 3.05) is 12.1 Å². The van der Waals surface area contributed by atoms with Gasteiger partial charge in [-0.15, -0.1) is 0 Å². The Kier molecular flexibility index (Phi) is 5.02. The van der Waals surface area contributed by atoms with E-state index < -0.39 is 6.04 Å². The number of carbonyl (C=O) groups excluding carboxylic acids is 2. The van der Waals surface area contributed by atoms with Crippen LogP contribution < -0.4 is 10.4 Å². The van der Waals surface area contributed by atoms with Crippen molar-refractivity contribution in [3.8, 4) is 0 Å². The summed E-state index contributed by atoms with van der Waals surface area (Å²) in [5.74, 6) is -0.292. The van der Waals surface area contributed by atoms with Gasteiger partial charge in [-0.3, -0.25) is 15.0 Å². The Morgan fingerprint density at radius 3 is 2.50 bits per heavy atom. The zero-order chi connectivity index (χ0) is 18.7. The van der Waals surface area contributed by atoms with Crippen molar-refractivity contribution in [1.29, 1.82) is 0 Å². The fourth-order valence-electron chi connectivity index (χ4n) is 2.79. The molecule has 0 spiro atoms. The number of hydrogen-bond acceptors (Lipinski definition) is 4. The number of benzene rings is 2. The molecule has 1 aliphatic heterocycles. The Labute approximate surface area is 153 Å². The molecule has 1 heterocycles. The lowest BCUT2D eigenvalue weighted by Crippen LogP contribution is -2.58. The summed E-state index contributed by atoms with van der Waals surface area (Å²) in [6.45, 7) is 4.18. The highest BCUT2D eigenvalue weighted by molar-refractivity contribution is 6.39. The van der Waals surface area contributed by atoms with Crippen LogP contribution in [-0.4, -0.2) is 35.6 Å². The quantitative estimate of drug-likeness (QED) is 0.920. The Bertz CT molecular complexity index is 848. The molecular formula is C20H22N4O2. The van der Waals surface area contributed by atoms with E-state index in [0.29, 0.717) is 12.2 Å². The van der Waals surface area contributed by atoms with E-state index in [1.807, 2.05) is 61.5 Å². The highest BCUT2D eigenvalue weighted by Gasteiger charge is 2.31. The molecule has 0 fully saturated rings. The SMILES string of the molecule is Cc1ccccc1CN(C)C(=O)C1=NC(C)C(=O)N(c2ccccc2)N1. The molecule has 1 unspecified atom stereocenters. The van der Waals surface area contributed by atoms with Crippen molar-refractivity contribution >= 4 is 23.3 Å². The van der Waals surface area contributed by atoms with Crippen molar-refractivity contribution in [1.82, 2.24) is 10.3 Å². The summed E-state index contributed by atoms with van der Waals surface area (Å²) in [4.78, 5) is 31.1. The topological polar surface area (TPSA) is 65.0 Å². The van der Waals surface area contributed by atoms with E-state index in [4.69, 9.17) is 0 Å². The molecule has 1 atom stereocenters. The van der Waals surface area contributed by atoms with E-state index in [9.17, 15) is 9.59 Å². The summed E-state index contributed by atoms with van der Waals surface area (Å²) < 4.78 is 0. The molecular weight excluding hydrogens is 328 g/mol. The summed E-state index contributed by atoms with van der Waals surface area (Å²) in [6, 6.07) is 16.5. The van der Waals surface area contributed by atoms with Gasteiger partial charge in [-0.2, -0.15) is 0 Å². The maximum absolute atomic E-state index is 12.8. The van der Waals surface area contributed by atoms with Crippen LogP contribution in [0.15, 0.2) is 59.6 Å². The average molecular weight is 350 g/mol. The lowest BCUT2D eigenvalue weighted by molar-refractivity contribution is -0.124. The first-order valence-corrected chi connectivity index (χ1v) is 8.51. The number of aliphatic imine (C=N–C) groups is 1. The largest absolute Gasteiger partial charge is 0.335 e. The monoisotopic (exact) mass is 350 g/mol. The first kappa shape index (κ1) is 17.7. The summed E-state index contributed by atoms with van der Waals surface area (Å²) in [7, 11) is 1.73. The van der Waals surface area contributed by atoms with Crippen LogP contribution in [0.25, 0.3) is 0 Å². The van der Waals surface area contributed by atoms with E-state index in [2.05, 4.69) is 10.4 Å². The first-order chi connectivity index (χ1) is 12.5. The second-order valence-electron chi connectivity index (χ2n) is 6.36. The number of likely N-dealkylation sites (N-methyl/N-ethyl adjacent to an activating group) is 1. The maximum Gasteiger partial charge on any atom is 0.290 e.